The van der Waals surface area contributed by atoms with Gasteiger partial charge in [-0.05, 0) is 42.8 Å². The Balaban J connectivity index is 1.60. The third kappa shape index (κ3) is 3.58. The van der Waals surface area contributed by atoms with Crippen LogP contribution in [0.1, 0.15) is 16.7 Å². The van der Waals surface area contributed by atoms with Gasteiger partial charge in [-0.25, -0.2) is 13.1 Å². The van der Waals surface area contributed by atoms with Crippen molar-refractivity contribution in [1.82, 2.24) is 24.4 Å². The molecule has 1 aliphatic heterocycles. The van der Waals surface area contributed by atoms with E-state index in [0.717, 1.165) is 41.0 Å². The molecule has 0 atom stereocenters. The van der Waals surface area contributed by atoms with E-state index in [0.29, 0.717) is 17.9 Å². The predicted octanol–water partition coefficient (Wildman–Crippen LogP) is 1.95. The molecule has 0 unspecified atom stereocenters. The highest BCUT2D eigenvalue weighted by molar-refractivity contribution is 7.89. The van der Waals surface area contributed by atoms with Crippen LogP contribution in [0.2, 0.25) is 0 Å². The molecule has 0 bridgehead atoms. The van der Waals surface area contributed by atoms with E-state index < -0.39 is 10.0 Å². The number of nitrogens with zero attached hydrogens (tertiary/aromatic N) is 4. The van der Waals surface area contributed by atoms with Gasteiger partial charge in [0.2, 0.25) is 10.0 Å². The summed E-state index contributed by atoms with van der Waals surface area (Å²) in [5.74, 6) is 0. The molecule has 0 fully saturated rings. The zero-order valence-electron chi connectivity index (χ0n) is 16.0. The van der Waals surface area contributed by atoms with Gasteiger partial charge < -0.3 is 0 Å². The van der Waals surface area contributed by atoms with Crippen LogP contribution in [0.15, 0.2) is 53.8 Å². The maximum Gasteiger partial charge on any atom is 0.240 e. The number of hydrogen-bond acceptors (Lipinski definition) is 5. The van der Waals surface area contributed by atoms with Crippen molar-refractivity contribution in [3.63, 3.8) is 0 Å². The van der Waals surface area contributed by atoms with Crippen LogP contribution >= 0.6 is 0 Å². The number of benzene rings is 1. The summed E-state index contributed by atoms with van der Waals surface area (Å²) in [5, 5.41) is 4.61. The summed E-state index contributed by atoms with van der Waals surface area (Å²) in [6.07, 6.45) is 6.32. The van der Waals surface area contributed by atoms with E-state index in [-0.39, 0.29) is 0 Å². The average molecular weight is 398 g/mol. The molecule has 0 aliphatic carbocycles. The number of nitrogens with one attached hydrogen (secondary N) is 1. The highest BCUT2D eigenvalue weighted by Crippen LogP contribution is 2.28. The summed E-state index contributed by atoms with van der Waals surface area (Å²) in [6.45, 7) is 2.26. The Hall–Kier alpha value is -2.55. The molecule has 146 valence electrons. The van der Waals surface area contributed by atoms with E-state index in [1.165, 1.54) is 7.05 Å². The zero-order valence-corrected chi connectivity index (χ0v) is 16.8. The lowest BCUT2D eigenvalue weighted by atomic mass is 9.99. The number of aryl methyl sites for hydroxylation is 1. The molecular weight excluding hydrogens is 374 g/mol. The van der Waals surface area contributed by atoms with Gasteiger partial charge in [0.25, 0.3) is 0 Å². The zero-order chi connectivity index (χ0) is 19.7. The van der Waals surface area contributed by atoms with Crippen LogP contribution in [-0.4, -0.2) is 41.7 Å². The molecule has 4 rings (SSSR count). The number of rotatable bonds is 5. The van der Waals surface area contributed by atoms with Crippen LogP contribution in [0, 0.1) is 0 Å². The highest BCUT2D eigenvalue weighted by atomic mass is 32.2. The molecule has 3 heterocycles. The van der Waals surface area contributed by atoms with Crippen molar-refractivity contribution in [2.24, 2.45) is 7.05 Å². The molecule has 0 amide bonds. The van der Waals surface area contributed by atoms with Gasteiger partial charge in [-0.1, -0.05) is 12.1 Å². The first-order chi connectivity index (χ1) is 13.5. The summed E-state index contributed by atoms with van der Waals surface area (Å²) < 4.78 is 28.9. The lowest BCUT2D eigenvalue weighted by molar-refractivity contribution is 0.244. The molecule has 0 saturated carbocycles. The van der Waals surface area contributed by atoms with Gasteiger partial charge in [0.05, 0.1) is 10.6 Å². The molecular formula is C20H23N5O2S. The lowest BCUT2D eigenvalue weighted by Crippen LogP contribution is -2.32. The fourth-order valence-corrected chi connectivity index (χ4v) is 4.80. The van der Waals surface area contributed by atoms with Crippen molar-refractivity contribution in [2.75, 3.05) is 13.6 Å². The van der Waals surface area contributed by atoms with E-state index in [1.54, 1.807) is 12.3 Å². The van der Waals surface area contributed by atoms with Crippen LogP contribution in [0.4, 0.5) is 0 Å². The molecule has 1 aliphatic rings. The molecule has 2 aromatic heterocycles. The minimum Gasteiger partial charge on any atom is -0.294 e. The van der Waals surface area contributed by atoms with Crippen molar-refractivity contribution in [1.29, 1.82) is 0 Å². The van der Waals surface area contributed by atoms with E-state index in [1.807, 2.05) is 48.4 Å². The van der Waals surface area contributed by atoms with Crippen molar-refractivity contribution in [2.45, 2.75) is 24.4 Å². The van der Waals surface area contributed by atoms with Crippen LogP contribution in [0.25, 0.3) is 11.3 Å². The van der Waals surface area contributed by atoms with Crippen LogP contribution in [0.3, 0.4) is 0 Å². The predicted molar refractivity (Wildman–Crippen MR) is 107 cm³/mol. The molecule has 28 heavy (non-hydrogen) atoms. The van der Waals surface area contributed by atoms with E-state index in [2.05, 4.69) is 19.7 Å². The minimum atomic E-state index is -3.44. The van der Waals surface area contributed by atoms with Crippen molar-refractivity contribution in [3.05, 3.63) is 65.6 Å². The van der Waals surface area contributed by atoms with Crippen LogP contribution < -0.4 is 4.72 Å². The first kappa shape index (κ1) is 18.8. The molecule has 0 spiro atoms. The highest BCUT2D eigenvalue weighted by Gasteiger charge is 2.25. The molecule has 0 radical (unpaired) electrons. The first-order valence-corrected chi connectivity index (χ1v) is 10.7. The number of pyridine rings is 1. The standard InChI is InChI=1S/C20H23N5O2S/c1-21-28(26,27)19-7-3-5-16-13-25(10-8-18(16)19)14-17-12-24(2)23-20(17)15-6-4-9-22-11-15/h3-7,9,11-12,21H,8,10,13-14H2,1-2H3. The SMILES string of the molecule is CNS(=O)(=O)c1cccc2c1CCN(Cc1cn(C)nc1-c1cccnc1)C2. The minimum absolute atomic E-state index is 0.393. The largest absolute Gasteiger partial charge is 0.294 e. The third-order valence-electron chi connectivity index (χ3n) is 5.09. The molecule has 1 aromatic carbocycles. The van der Waals surface area contributed by atoms with Crippen LogP contribution in [0.5, 0.6) is 0 Å². The Morgan fingerprint density at radius 1 is 1.21 bits per heavy atom. The molecule has 1 N–H and O–H groups in total. The molecule has 7 nitrogen and oxygen atoms in total. The quantitative estimate of drug-likeness (QED) is 0.712. The van der Waals surface area contributed by atoms with Crippen molar-refractivity contribution < 1.29 is 8.42 Å². The monoisotopic (exact) mass is 397 g/mol. The second kappa shape index (κ2) is 7.46. The maximum absolute atomic E-state index is 12.3. The first-order valence-electron chi connectivity index (χ1n) is 9.17. The van der Waals surface area contributed by atoms with E-state index >= 15 is 0 Å². The molecule has 0 saturated heterocycles. The smallest absolute Gasteiger partial charge is 0.240 e. The van der Waals surface area contributed by atoms with E-state index in [9.17, 15) is 8.42 Å². The molecule has 3 aromatic rings. The van der Waals surface area contributed by atoms with Gasteiger partial charge in [-0.3, -0.25) is 14.6 Å². The van der Waals surface area contributed by atoms with Gasteiger partial charge in [0.1, 0.15) is 0 Å². The summed E-state index contributed by atoms with van der Waals surface area (Å²) in [5.41, 5.74) is 5.06. The Kier molecular flexibility index (Phi) is 5.01. The van der Waals surface area contributed by atoms with Gasteiger partial charge >= 0.3 is 0 Å². The van der Waals surface area contributed by atoms with Crippen molar-refractivity contribution in [3.8, 4) is 11.3 Å². The number of fused-ring (bicyclic) bond motifs is 1. The molecule has 8 heteroatoms. The van der Waals surface area contributed by atoms with Gasteiger partial charge in [0, 0.05) is 56.4 Å². The fraction of sp³-hybridized carbons (Fsp3) is 0.300. The fourth-order valence-electron chi connectivity index (χ4n) is 3.77. The van der Waals surface area contributed by atoms with Gasteiger partial charge in [-0.15, -0.1) is 0 Å². The topological polar surface area (TPSA) is 80.1 Å². The third-order valence-corrected chi connectivity index (χ3v) is 6.59. The van der Waals surface area contributed by atoms with Gasteiger partial charge in [-0.2, -0.15) is 5.10 Å². The summed E-state index contributed by atoms with van der Waals surface area (Å²) in [7, 11) is -0.0732. The van der Waals surface area contributed by atoms with Crippen molar-refractivity contribution >= 4 is 10.0 Å². The summed E-state index contributed by atoms with van der Waals surface area (Å²) in [4.78, 5) is 6.92. The summed E-state index contributed by atoms with van der Waals surface area (Å²) in [6, 6.07) is 9.44. The van der Waals surface area contributed by atoms with Gasteiger partial charge in [0.15, 0.2) is 0 Å². The Morgan fingerprint density at radius 2 is 2.07 bits per heavy atom. The Morgan fingerprint density at radius 3 is 2.82 bits per heavy atom. The number of hydrogen-bond donors (Lipinski definition) is 1. The van der Waals surface area contributed by atoms with Crippen LogP contribution in [-0.2, 0) is 36.6 Å². The lowest BCUT2D eigenvalue weighted by Gasteiger charge is -2.29. The summed E-state index contributed by atoms with van der Waals surface area (Å²) >= 11 is 0. The second-order valence-electron chi connectivity index (χ2n) is 6.98. The Bertz CT molecular complexity index is 1090. The normalized spacial score (nSPS) is 14.8. The van der Waals surface area contributed by atoms with E-state index in [4.69, 9.17) is 0 Å². The maximum atomic E-state index is 12.3. The number of sulfonamides is 1. The number of aromatic nitrogens is 3. The second-order valence-corrected chi connectivity index (χ2v) is 8.84. The average Bonchev–Trinajstić information content (AvgIpc) is 3.08. The Labute approximate surface area is 165 Å².